The Morgan fingerprint density at radius 3 is 2.14 bits per heavy atom. The quantitative estimate of drug-likeness (QED) is 0.350. The second-order valence-electron chi connectivity index (χ2n) is 8.42. The Balaban J connectivity index is 0.00000228. The molecule has 0 saturated carbocycles. The molecule has 1 aliphatic heterocycles. The molecule has 3 aromatic rings. The Morgan fingerprint density at radius 2 is 1.47 bits per heavy atom. The van der Waals surface area contributed by atoms with E-state index in [-0.39, 0.29) is 35.5 Å². The van der Waals surface area contributed by atoms with Crippen molar-refractivity contribution in [2.45, 2.75) is 17.9 Å². The van der Waals surface area contributed by atoms with Gasteiger partial charge in [0.15, 0.2) is 5.78 Å². The van der Waals surface area contributed by atoms with Crippen LogP contribution in [0, 0.1) is 0 Å². The maximum Gasteiger partial charge on any atom is 0.261 e. The number of Topliss-reactive ketones (excluding diaryl/α,β-unsaturated/α-hetero) is 1. The van der Waals surface area contributed by atoms with Gasteiger partial charge in [0.1, 0.15) is 0 Å². The molecular formula is C26H30Cl3N3O3S. The fraction of sp³-hybridized carbons (Fsp3) is 0.269. The number of carbonyl (C=O) groups excluding carboxylic acids is 1. The lowest BCUT2D eigenvalue weighted by Gasteiger charge is -2.34. The third-order valence-corrected chi connectivity index (χ3v) is 7.58. The van der Waals surface area contributed by atoms with Gasteiger partial charge in [-0.3, -0.25) is 14.4 Å². The average molecular weight is 571 g/mol. The van der Waals surface area contributed by atoms with Crippen LogP contribution in [-0.2, 0) is 16.6 Å². The maximum absolute atomic E-state index is 12.8. The zero-order valence-corrected chi connectivity index (χ0v) is 22.9. The molecule has 1 aliphatic rings. The normalized spacial score (nSPS) is 14.4. The molecule has 0 aliphatic carbocycles. The van der Waals surface area contributed by atoms with Crippen molar-refractivity contribution in [1.82, 2.24) is 9.80 Å². The highest BCUT2D eigenvalue weighted by Crippen LogP contribution is 2.20. The van der Waals surface area contributed by atoms with Crippen LogP contribution in [0.15, 0.2) is 83.8 Å². The van der Waals surface area contributed by atoms with Crippen LogP contribution < -0.4 is 4.72 Å². The van der Waals surface area contributed by atoms with Crippen LogP contribution in [0.1, 0.15) is 22.3 Å². The van der Waals surface area contributed by atoms with Gasteiger partial charge in [-0.15, -0.1) is 24.8 Å². The lowest BCUT2D eigenvalue weighted by atomic mass is 10.1. The molecule has 0 atom stereocenters. The molecule has 36 heavy (non-hydrogen) atoms. The van der Waals surface area contributed by atoms with Crippen LogP contribution >= 0.6 is 36.4 Å². The Bertz CT molecular complexity index is 1220. The van der Waals surface area contributed by atoms with Crippen LogP contribution in [0.3, 0.4) is 0 Å². The summed E-state index contributed by atoms with van der Waals surface area (Å²) in [7, 11) is -3.76. The van der Waals surface area contributed by atoms with E-state index in [1.165, 1.54) is 29.8 Å². The predicted octanol–water partition coefficient (Wildman–Crippen LogP) is 5.38. The molecule has 1 N–H and O–H groups in total. The molecule has 3 aromatic carbocycles. The SMILES string of the molecule is Cl.Cl.O=C(CCN1CCN(Cc2ccccc2)CC1)c1cccc(NS(=O)(=O)c2ccc(Cl)cc2)c1. The van der Waals surface area contributed by atoms with Crippen LogP contribution in [-0.4, -0.2) is 56.7 Å². The van der Waals surface area contributed by atoms with E-state index in [9.17, 15) is 13.2 Å². The number of hydrogen-bond donors (Lipinski definition) is 1. The molecule has 0 radical (unpaired) electrons. The van der Waals surface area contributed by atoms with Crippen molar-refractivity contribution in [3.63, 3.8) is 0 Å². The van der Waals surface area contributed by atoms with E-state index in [1.807, 2.05) is 6.07 Å². The minimum atomic E-state index is -3.76. The summed E-state index contributed by atoms with van der Waals surface area (Å²) in [6.07, 6.45) is 0.395. The van der Waals surface area contributed by atoms with Gasteiger partial charge >= 0.3 is 0 Å². The van der Waals surface area contributed by atoms with Crippen LogP contribution in [0.25, 0.3) is 0 Å². The van der Waals surface area contributed by atoms with Crippen LogP contribution in [0.4, 0.5) is 5.69 Å². The summed E-state index contributed by atoms with van der Waals surface area (Å²) in [5.74, 6) is -0.000689. The number of anilines is 1. The number of benzene rings is 3. The Kier molecular flexibility index (Phi) is 11.7. The summed E-state index contributed by atoms with van der Waals surface area (Å²) in [5, 5.41) is 0.462. The van der Waals surface area contributed by atoms with Crippen molar-refractivity contribution in [3.8, 4) is 0 Å². The molecule has 0 bridgehead atoms. The average Bonchev–Trinajstić information content (AvgIpc) is 2.84. The standard InChI is InChI=1S/C26H28ClN3O3S.2ClH/c27-23-9-11-25(12-10-23)34(32,33)28-24-8-4-7-22(19-24)26(31)13-14-29-15-17-30(18-16-29)20-21-5-2-1-3-6-21;;/h1-12,19,28H,13-18,20H2;2*1H. The number of halogens is 3. The largest absolute Gasteiger partial charge is 0.300 e. The van der Waals surface area contributed by atoms with Crippen molar-refractivity contribution >= 4 is 57.9 Å². The molecule has 0 amide bonds. The number of sulfonamides is 1. The van der Waals surface area contributed by atoms with Crippen molar-refractivity contribution in [1.29, 1.82) is 0 Å². The maximum atomic E-state index is 12.8. The number of carbonyl (C=O) groups is 1. The molecule has 0 unspecified atom stereocenters. The first-order valence-corrected chi connectivity index (χ1v) is 13.2. The van der Waals surface area contributed by atoms with Crippen molar-refractivity contribution in [2.24, 2.45) is 0 Å². The van der Waals surface area contributed by atoms with Crippen molar-refractivity contribution in [3.05, 3.63) is 95.0 Å². The van der Waals surface area contributed by atoms with E-state index < -0.39 is 10.0 Å². The van der Waals surface area contributed by atoms with Gasteiger partial charge in [0, 0.05) is 62.0 Å². The third-order valence-electron chi connectivity index (χ3n) is 5.93. The minimum Gasteiger partial charge on any atom is -0.300 e. The van der Waals surface area contributed by atoms with Crippen LogP contribution in [0.5, 0.6) is 0 Å². The highest BCUT2D eigenvalue weighted by molar-refractivity contribution is 7.92. The molecular weight excluding hydrogens is 541 g/mol. The summed E-state index contributed by atoms with van der Waals surface area (Å²) in [5.41, 5.74) is 2.17. The predicted molar refractivity (Wildman–Crippen MR) is 150 cm³/mol. The van der Waals surface area contributed by atoms with Gasteiger partial charge in [0.25, 0.3) is 10.0 Å². The molecule has 6 nitrogen and oxygen atoms in total. The summed E-state index contributed by atoms with van der Waals surface area (Å²) in [4.78, 5) is 17.6. The third kappa shape index (κ3) is 8.47. The fourth-order valence-corrected chi connectivity index (χ4v) is 5.18. The lowest BCUT2D eigenvalue weighted by molar-refractivity contribution is 0.0922. The number of hydrogen-bond acceptors (Lipinski definition) is 5. The lowest BCUT2D eigenvalue weighted by Crippen LogP contribution is -2.46. The van der Waals surface area contributed by atoms with E-state index >= 15 is 0 Å². The first kappa shape index (κ1) is 30.1. The van der Waals surface area contributed by atoms with E-state index in [0.29, 0.717) is 29.2 Å². The van der Waals surface area contributed by atoms with Gasteiger partial charge in [-0.2, -0.15) is 0 Å². The number of nitrogens with zero attached hydrogens (tertiary/aromatic N) is 2. The molecule has 1 fully saturated rings. The van der Waals surface area contributed by atoms with Crippen molar-refractivity contribution in [2.75, 3.05) is 37.4 Å². The van der Waals surface area contributed by atoms with Crippen molar-refractivity contribution < 1.29 is 13.2 Å². The number of piperazine rings is 1. The number of nitrogens with one attached hydrogen (secondary N) is 1. The van der Waals surface area contributed by atoms with E-state index in [4.69, 9.17) is 11.6 Å². The van der Waals surface area contributed by atoms with Gasteiger partial charge in [0.05, 0.1) is 4.90 Å². The topological polar surface area (TPSA) is 69.7 Å². The van der Waals surface area contributed by atoms with E-state index in [0.717, 1.165) is 32.7 Å². The Morgan fingerprint density at radius 1 is 0.833 bits per heavy atom. The monoisotopic (exact) mass is 569 g/mol. The molecule has 1 saturated heterocycles. The molecule has 4 rings (SSSR count). The van der Waals surface area contributed by atoms with E-state index in [2.05, 4.69) is 38.8 Å². The zero-order valence-electron chi connectivity index (χ0n) is 19.7. The second kappa shape index (κ2) is 14.0. The number of ketones is 1. The van der Waals surface area contributed by atoms with Crippen LogP contribution in [0.2, 0.25) is 5.02 Å². The summed E-state index contributed by atoms with van der Waals surface area (Å²) in [6.45, 7) is 5.46. The summed E-state index contributed by atoms with van der Waals surface area (Å²) < 4.78 is 27.8. The Hall–Kier alpha value is -2.13. The molecule has 10 heteroatoms. The highest BCUT2D eigenvalue weighted by Gasteiger charge is 2.19. The Labute approximate surface area is 230 Å². The first-order valence-electron chi connectivity index (χ1n) is 11.3. The summed E-state index contributed by atoms with van der Waals surface area (Å²) in [6, 6.07) is 23.0. The molecule has 194 valence electrons. The second-order valence-corrected chi connectivity index (χ2v) is 10.5. The zero-order chi connectivity index (χ0) is 24.0. The molecule has 0 aromatic heterocycles. The molecule has 1 heterocycles. The smallest absolute Gasteiger partial charge is 0.261 e. The van der Waals surface area contributed by atoms with Gasteiger partial charge < -0.3 is 4.90 Å². The highest BCUT2D eigenvalue weighted by atomic mass is 35.5. The summed E-state index contributed by atoms with van der Waals surface area (Å²) >= 11 is 5.84. The van der Waals surface area contributed by atoms with Gasteiger partial charge in [-0.05, 0) is 42.0 Å². The van der Waals surface area contributed by atoms with Gasteiger partial charge in [-0.1, -0.05) is 54.1 Å². The minimum absolute atomic E-state index is 0. The molecule has 0 spiro atoms. The van der Waals surface area contributed by atoms with E-state index in [1.54, 1.807) is 24.3 Å². The first-order chi connectivity index (χ1) is 16.4. The number of rotatable bonds is 9. The fourth-order valence-electron chi connectivity index (χ4n) is 4.00. The van der Waals surface area contributed by atoms with Gasteiger partial charge in [-0.25, -0.2) is 8.42 Å². The van der Waals surface area contributed by atoms with Gasteiger partial charge in [0.2, 0.25) is 0 Å².